The van der Waals surface area contributed by atoms with E-state index in [1.165, 1.54) is 63.6 Å². The van der Waals surface area contributed by atoms with Gasteiger partial charge in [0, 0.05) is 58.1 Å². The number of rotatable bonds is 5. The van der Waals surface area contributed by atoms with E-state index in [1.54, 1.807) is 0 Å². The Balaban J connectivity index is 0.00000289. The fourth-order valence-electron chi connectivity index (χ4n) is 5.20. The molecule has 180 valence electrons. The Hall–Kier alpha value is -1.13. The van der Waals surface area contributed by atoms with Crippen molar-refractivity contribution in [2.75, 3.05) is 44.7 Å². The molecule has 3 fully saturated rings. The Kier molecular flexibility index (Phi) is 10.3. The van der Waals surface area contributed by atoms with Crippen LogP contribution in [0.3, 0.4) is 0 Å². The molecule has 1 aromatic rings. The first-order chi connectivity index (χ1) is 15.2. The van der Waals surface area contributed by atoms with Gasteiger partial charge in [0.05, 0.1) is 12.7 Å². The van der Waals surface area contributed by atoms with Gasteiger partial charge in [-0.25, -0.2) is 4.98 Å². The van der Waals surface area contributed by atoms with Crippen LogP contribution in [0.1, 0.15) is 57.4 Å². The van der Waals surface area contributed by atoms with E-state index in [4.69, 9.17) is 4.74 Å². The lowest BCUT2D eigenvalue weighted by Gasteiger charge is -2.39. The SMILES string of the molecule is CN=C(NCc1ccnc(N2CCOC(C)C2)c1)NC1CCN(C2CCCCC2)CC1.I. The maximum atomic E-state index is 5.66. The van der Waals surface area contributed by atoms with Crippen molar-refractivity contribution in [1.29, 1.82) is 0 Å². The number of anilines is 1. The molecule has 3 aliphatic rings. The third kappa shape index (κ3) is 7.18. The maximum absolute atomic E-state index is 5.66. The Morgan fingerprint density at radius 3 is 2.66 bits per heavy atom. The lowest BCUT2D eigenvalue weighted by molar-refractivity contribution is 0.0529. The number of aliphatic imine (C=N–C) groups is 1. The molecule has 0 amide bonds. The first-order valence-electron chi connectivity index (χ1n) is 12.2. The van der Waals surface area contributed by atoms with Crippen LogP contribution < -0.4 is 15.5 Å². The number of morpholine rings is 1. The van der Waals surface area contributed by atoms with Crippen LogP contribution in [-0.4, -0.2) is 73.9 Å². The molecule has 0 spiro atoms. The van der Waals surface area contributed by atoms with E-state index in [-0.39, 0.29) is 30.1 Å². The summed E-state index contributed by atoms with van der Waals surface area (Å²) in [5, 5.41) is 7.15. The molecule has 8 heteroatoms. The second-order valence-corrected chi connectivity index (χ2v) is 9.32. The van der Waals surface area contributed by atoms with Crippen molar-refractivity contribution in [2.24, 2.45) is 4.99 Å². The average molecular weight is 557 g/mol. The Morgan fingerprint density at radius 1 is 1.16 bits per heavy atom. The van der Waals surface area contributed by atoms with Crippen molar-refractivity contribution in [3.05, 3.63) is 23.9 Å². The van der Waals surface area contributed by atoms with E-state index < -0.39 is 0 Å². The summed E-state index contributed by atoms with van der Waals surface area (Å²) in [6.45, 7) is 7.85. The number of likely N-dealkylation sites (tertiary alicyclic amines) is 1. The van der Waals surface area contributed by atoms with Crippen LogP contribution in [0.5, 0.6) is 0 Å². The molecular formula is C24H41IN6O. The van der Waals surface area contributed by atoms with Gasteiger partial charge in [0.25, 0.3) is 0 Å². The molecule has 2 N–H and O–H groups in total. The van der Waals surface area contributed by atoms with Gasteiger partial charge < -0.3 is 25.2 Å². The van der Waals surface area contributed by atoms with E-state index in [0.29, 0.717) is 6.04 Å². The van der Waals surface area contributed by atoms with Crippen molar-refractivity contribution in [3.63, 3.8) is 0 Å². The number of piperidine rings is 1. The summed E-state index contributed by atoms with van der Waals surface area (Å²) in [4.78, 5) is 14.1. The molecule has 3 heterocycles. The van der Waals surface area contributed by atoms with Gasteiger partial charge in [-0.05, 0) is 50.3 Å². The number of nitrogens with zero attached hydrogens (tertiary/aromatic N) is 4. The fourth-order valence-corrected chi connectivity index (χ4v) is 5.20. The zero-order valence-electron chi connectivity index (χ0n) is 19.8. The van der Waals surface area contributed by atoms with Gasteiger partial charge in [-0.2, -0.15) is 0 Å². The number of hydrogen-bond donors (Lipinski definition) is 2. The highest BCUT2D eigenvalue weighted by Gasteiger charge is 2.26. The van der Waals surface area contributed by atoms with Crippen LogP contribution in [0.4, 0.5) is 5.82 Å². The highest BCUT2D eigenvalue weighted by Crippen LogP contribution is 2.25. The first kappa shape index (κ1) is 25.5. The average Bonchev–Trinajstić information content (AvgIpc) is 2.83. The molecule has 7 nitrogen and oxygen atoms in total. The van der Waals surface area contributed by atoms with Crippen LogP contribution in [0.2, 0.25) is 0 Å². The number of hydrogen-bond acceptors (Lipinski definition) is 5. The van der Waals surface area contributed by atoms with Gasteiger partial charge in [-0.1, -0.05) is 19.3 Å². The minimum Gasteiger partial charge on any atom is -0.375 e. The molecule has 1 aromatic heterocycles. The minimum atomic E-state index is 0. The number of pyridine rings is 1. The van der Waals surface area contributed by atoms with E-state index in [9.17, 15) is 0 Å². The number of ether oxygens (including phenoxy) is 1. The Bertz CT molecular complexity index is 718. The highest BCUT2D eigenvalue weighted by molar-refractivity contribution is 14.0. The zero-order chi connectivity index (χ0) is 21.5. The monoisotopic (exact) mass is 556 g/mol. The molecule has 1 unspecified atom stereocenters. The van der Waals surface area contributed by atoms with E-state index in [0.717, 1.165) is 44.1 Å². The Labute approximate surface area is 210 Å². The molecule has 32 heavy (non-hydrogen) atoms. The second kappa shape index (κ2) is 12.9. The quantitative estimate of drug-likeness (QED) is 0.330. The summed E-state index contributed by atoms with van der Waals surface area (Å²) < 4.78 is 5.66. The molecule has 1 atom stereocenters. The van der Waals surface area contributed by atoms with Gasteiger partial charge in [0.15, 0.2) is 5.96 Å². The topological polar surface area (TPSA) is 65.0 Å². The van der Waals surface area contributed by atoms with Crippen LogP contribution in [0.25, 0.3) is 0 Å². The Morgan fingerprint density at radius 2 is 1.94 bits per heavy atom. The lowest BCUT2D eigenvalue weighted by atomic mass is 9.92. The second-order valence-electron chi connectivity index (χ2n) is 9.32. The lowest BCUT2D eigenvalue weighted by Crippen LogP contribution is -2.50. The third-order valence-electron chi connectivity index (χ3n) is 7.02. The summed E-state index contributed by atoms with van der Waals surface area (Å²) in [7, 11) is 1.86. The first-order valence-corrected chi connectivity index (χ1v) is 12.2. The highest BCUT2D eigenvalue weighted by atomic mass is 127. The number of halogens is 1. The molecule has 0 aromatic carbocycles. The standard InChI is InChI=1S/C24H40N6O.HI/c1-19-18-30(14-15-31-19)23-16-20(8-11-26-23)17-27-24(25-2)28-21-9-12-29(13-10-21)22-6-4-3-5-7-22;/h8,11,16,19,21-22H,3-7,9-10,12-15,17-18H2,1-2H3,(H2,25,27,28);1H. The predicted molar refractivity (Wildman–Crippen MR) is 142 cm³/mol. The van der Waals surface area contributed by atoms with Crippen molar-refractivity contribution in [2.45, 2.75) is 76.6 Å². The summed E-state index contributed by atoms with van der Waals surface area (Å²) >= 11 is 0. The van der Waals surface area contributed by atoms with Crippen LogP contribution in [0, 0.1) is 0 Å². The van der Waals surface area contributed by atoms with Gasteiger partial charge in [-0.3, -0.25) is 4.99 Å². The van der Waals surface area contributed by atoms with Crippen molar-refractivity contribution in [3.8, 4) is 0 Å². The van der Waals surface area contributed by atoms with Gasteiger partial charge in [0.1, 0.15) is 5.82 Å². The van der Waals surface area contributed by atoms with E-state index >= 15 is 0 Å². The van der Waals surface area contributed by atoms with E-state index in [2.05, 4.69) is 49.5 Å². The number of aromatic nitrogens is 1. The molecule has 1 saturated carbocycles. The largest absolute Gasteiger partial charge is 0.375 e. The molecule has 1 aliphatic carbocycles. The maximum Gasteiger partial charge on any atom is 0.191 e. The normalized spacial score (nSPS) is 24.1. The van der Waals surface area contributed by atoms with Crippen LogP contribution in [0.15, 0.2) is 23.3 Å². The van der Waals surface area contributed by atoms with Gasteiger partial charge >= 0.3 is 0 Å². The predicted octanol–water partition coefficient (Wildman–Crippen LogP) is 3.39. The summed E-state index contributed by atoms with van der Waals surface area (Å²) in [6, 6.07) is 5.61. The van der Waals surface area contributed by atoms with Crippen LogP contribution in [-0.2, 0) is 11.3 Å². The van der Waals surface area contributed by atoms with E-state index in [1.807, 2.05) is 13.2 Å². The van der Waals surface area contributed by atoms with Crippen molar-refractivity contribution >= 4 is 35.8 Å². The molecular weight excluding hydrogens is 515 g/mol. The number of guanidine groups is 1. The molecule has 2 saturated heterocycles. The third-order valence-corrected chi connectivity index (χ3v) is 7.02. The molecule has 4 rings (SSSR count). The van der Waals surface area contributed by atoms with Gasteiger partial charge in [-0.15, -0.1) is 24.0 Å². The smallest absolute Gasteiger partial charge is 0.191 e. The van der Waals surface area contributed by atoms with Crippen molar-refractivity contribution in [1.82, 2.24) is 20.5 Å². The summed E-state index contributed by atoms with van der Waals surface area (Å²) in [5.41, 5.74) is 1.22. The summed E-state index contributed by atoms with van der Waals surface area (Å²) in [5.74, 6) is 1.93. The molecule has 0 radical (unpaired) electrons. The van der Waals surface area contributed by atoms with Gasteiger partial charge in [0.2, 0.25) is 0 Å². The fraction of sp³-hybridized carbons (Fsp3) is 0.750. The summed E-state index contributed by atoms with van der Waals surface area (Å²) in [6.07, 6.45) is 11.6. The minimum absolute atomic E-state index is 0. The molecule has 2 aliphatic heterocycles. The molecule has 0 bridgehead atoms. The van der Waals surface area contributed by atoms with Crippen LogP contribution >= 0.6 is 24.0 Å². The zero-order valence-corrected chi connectivity index (χ0v) is 22.1. The number of nitrogens with one attached hydrogen (secondary N) is 2. The van der Waals surface area contributed by atoms with Crippen molar-refractivity contribution < 1.29 is 4.74 Å².